The zero-order valence-electron chi connectivity index (χ0n) is 24.6. The fourth-order valence-electron chi connectivity index (χ4n) is 4.20. The Balaban J connectivity index is 1.53. The summed E-state index contributed by atoms with van der Waals surface area (Å²) in [5, 5.41) is 6.82. The Morgan fingerprint density at radius 2 is 1.50 bits per heavy atom. The van der Waals surface area contributed by atoms with Gasteiger partial charge in [-0.25, -0.2) is 13.8 Å². The number of para-hydroxylation sites is 1. The van der Waals surface area contributed by atoms with E-state index in [1.807, 2.05) is 44.2 Å². The zero-order valence-corrected chi connectivity index (χ0v) is 25.5. The minimum absolute atomic E-state index is 0.00366. The van der Waals surface area contributed by atoms with Crippen molar-refractivity contribution in [2.45, 2.75) is 31.3 Å². The lowest BCUT2D eigenvalue weighted by molar-refractivity contribution is -0.123. The van der Waals surface area contributed by atoms with E-state index in [4.69, 9.17) is 9.47 Å². The number of carbonyl (C=O) groups is 2. The maximum atomic E-state index is 14.0. The Labute approximate surface area is 257 Å². The number of hydrogen-bond acceptors (Lipinski definition) is 7. The summed E-state index contributed by atoms with van der Waals surface area (Å²) in [7, 11) is -2.59. The highest BCUT2D eigenvalue weighted by atomic mass is 32.2. The van der Waals surface area contributed by atoms with Crippen molar-refractivity contribution in [2.75, 3.05) is 18.0 Å². The van der Waals surface area contributed by atoms with Gasteiger partial charge >= 0.3 is 0 Å². The molecule has 0 aromatic heterocycles. The van der Waals surface area contributed by atoms with Gasteiger partial charge in [-0.15, -0.1) is 0 Å². The van der Waals surface area contributed by atoms with E-state index < -0.39 is 15.9 Å². The van der Waals surface area contributed by atoms with Crippen LogP contribution >= 0.6 is 0 Å². The van der Waals surface area contributed by atoms with E-state index in [1.165, 1.54) is 29.8 Å². The molecular formula is C33H34N4O6S. The normalized spacial score (nSPS) is 11.3. The van der Waals surface area contributed by atoms with Crippen LogP contribution in [0, 0.1) is 0 Å². The van der Waals surface area contributed by atoms with Crippen LogP contribution in [0.15, 0.2) is 113 Å². The SMILES string of the molecule is COc1ccc(S(=O)(=O)N(Cc2ccccc2)c2ccccc2C(=O)N/N=C\c2ccc(OCC(=O)NC(C)C)cc2)cc1. The molecule has 228 valence electrons. The lowest BCUT2D eigenvalue weighted by Gasteiger charge is -2.26. The molecular weight excluding hydrogens is 580 g/mol. The highest BCUT2D eigenvalue weighted by Crippen LogP contribution is 2.30. The second-order valence-electron chi connectivity index (χ2n) is 9.97. The number of hydrogen-bond donors (Lipinski definition) is 2. The summed E-state index contributed by atoms with van der Waals surface area (Å²) < 4.78 is 39.8. The molecule has 0 aliphatic rings. The summed E-state index contributed by atoms with van der Waals surface area (Å²) >= 11 is 0. The van der Waals surface area contributed by atoms with E-state index in [1.54, 1.807) is 60.7 Å². The van der Waals surface area contributed by atoms with Crippen LogP contribution in [0.2, 0.25) is 0 Å². The average molecular weight is 615 g/mol. The summed E-state index contributed by atoms with van der Waals surface area (Å²) in [5.74, 6) is 0.228. The fraction of sp³-hybridized carbons (Fsp3) is 0.182. The molecule has 0 saturated heterocycles. The van der Waals surface area contributed by atoms with Crippen LogP contribution in [0.3, 0.4) is 0 Å². The van der Waals surface area contributed by atoms with Crippen molar-refractivity contribution in [3.63, 3.8) is 0 Å². The topological polar surface area (TPSA) is 126 Å². The molecule has 11 heteroatoms. The minimum Gasteiger partial charge on any atom is -0.497 e. The van der Waals surface area contributed by atoms with Gasteiger partial charge in [0, 0.05) is 6.04 Å². The number of benzene rings is 4. The molecule has 0 spiro atoms. The molecule has 10 nitrogen and oxygen atoms in total. The standard InChI is InChI=1S/C33H34N4O6S/c1-24(2)35-32(38)23-43-28-15-13-25(14-16-28)21-34-36-33(39)30-11-7-8-12-31(30)37(22-26-9-5-4-6-10-26)44(40,41)29-19-17-27(42-3)18-20-29/h4-21,24H,22-23H2,1-3H3,(H,35,38)(H,36,39)/b34-21-. The van der Waals surface area contributed by atoms with Crippen LogP contribution in [0.1, 0.15) is 35.3 Å². The lowest BCUT2D eigenvalue weighted by Crippen LogP contribution is -2.34. The number of nitrogens with zero attached hydrogens (tertiary/aromatic N) is 2. The number of carbonyl (C=O) groups excluding carboxylic acids is 2. The number of anilines is 1. The third-order valence-corrected chi connectivity index (χ3v) is 8.09. The molecule has 2 amide bonds. The first-order chi connectivity index (χ1) is 21.2. The Hall–Kier alpha value is -5.16. The van der Waals surface area contributed by atoms with E-state index in [0.29, 0.717) is 17.1 Å². The van der Waals surface area contributed by atoms with Gasteiger partial charge in [-0.3, -0.25) is 13.9 Å². The molecule has 0 aliphatic carbocycles. The number of nitrogens with one attached hydrogen (secondary N) is 2. The van der Waals surface area contributed by atoms with Gasteiger partial charge in [0.2, 0.25) is 0 Å². The van der Waals surface area contributed by atoms with Gasteiger partial charge in [-0.1, -0.05) is 42.5 Å². The van der Waals surface area contributed by atoms with Crippen LogP contribution in [-0.2, 0) is 21.4 Å². The molecule has 0 saturated carbocycles. The summed E-state index contributed by atoms with van der Waals surface area (Å²) in [4.78, 5) is 25.2. The Kier molecular flexibility index (Phi) is 10.7. The van der Waals surface area contributed by atoms with E-state index in [2.05, 4.69) is 15.8 Å². The Morgan fingerprint density at radius 3 is 2.16 bits per heavy atom. The van der Waals surface area contributed by atoms with Gasteiger partial charge in [-0.05, 0) is 85.6 Å². The molecule has 0 fully saturated rings. The first-order valence-corrected chi connectivity index (χ1v) is 15.3. The first kappa shape index (κ1) is 31.8. The second kappa shape index (κ2) is 14.8. The van der Waals surface area contributed by atoms with Crippen LogP contribution in [0.4, 0.5) is 5.69 Å². The zero-order chi connectivity index (χ0) is 31.5. The van der Waals surface area contributed by atoms with Gasteiger partial charge < -0.3 is 14.8 Å². The number of amides is 2. The number of hydrazone groups is 1. The lowest BCUT2D eigenvalue weighted by atomic mass is 10.1. The Bertz CT molecular complexity index is 1690. The first-order valence-electron chi connectivity index (χ1n) is 13.8. The predicted molar refractivity (Wildman–Crippen MR) is 170 cm³/mol. The van der Waals surface area contributed by atoms with Crippen molar-refractivity contribution in [2.24, 2.45) is 5.10 Å². The molecule has 4 aromatic carbocycles. The van der Waals surface area contributed by atoms with Crippen molar-refractivity contribution in [3.8, 4) is 11.5 Å². The smallest absolute Gasteiger partial charge is 0.273 e. The molecule has 0 unspecified atom stereocenters. The van der Waals surface area contributed by atoms with E-state index in [0.717, 1.165) is 5.56 Å². The summed E-state index contributed by atoms with van der Waals surface area (Å²) in [6.07, 6.45) is 1.45. The minimum atomic E-state index is -4.09. The molecule has 0 heterocycles. The van der Waals surface area contributed by atoms with Crippen molar-refractivity contribution >= 4 is 33.7 Å². The fourth-order valence-corrected chi connectivity index (χ4v) is 5.67. The monoisotopic (exact) mass is 614 g/mol. The highest BCUT2D eigenvalue weighted by Gasteiger charge is 2.28. The van der Waals surface area contributed by atoms with Crippen molar-refractivity contribution in [3.05, 3.63) is 120 Å². The van der Waals surface area contributed by atoms with Crippen LogP contribution in [0.5, 0.6) is 11.5 Å². The van der Waals surface area contributed by atoms with Gasteiger partial charge in [0.25, 0.3) is 21.8 Å². The maximum absolute atomic E-state index is 14.0. The maximum Gasteiger partial charge on any atom is 0.273 e. The molecule has 0 bridgehead atoms. The summed E-state index contributed by atoms with van der Waals surface area (Å²) in [6, 6.07) is 28.5. The molecule has 0 aliphatic heterocycles. The molecule has 0 radical (unpaired) electrons. The second-order valence-corrected chi connectivity index (χ2v) is 11.8. The van der Waals surface area contributed by atoms with E-state index >= 15 is 0 Å². The van der Waals surface area contributed by atoms with Crippen LogP contribution < -0.4 is 24.5 Å². The summed E-state index contributed by atoms with van der Waals surface area (Å²) in [6.45, 7) is 3.64. The third kappa shape index (κ3) is 8.45. The van der Waals surface area contributed by atoms with Crippen molar-refractivity contribution < 1.29 is 27.5 Å². The van der Waals surface area contributed by atoms with Crippen LogP contribution in [0.25, 0.3) is 0 Å². The third-order valence-electron chi connectivity index (χ3n) is 6.31. The van der Waals surface area contributed by atoms with Gasteiger partial charge in [0.15, 0.2) is 6.61 Å². The number of sulfonamides is 1. The van der Waals surface area contributed by atoms with Gasteiger partial charge in [0.05, 0.1) is 36.0 Å². The van der Waals surface area contributed by atoms with Crippen molar-refractivity contribution in [1.29, 1.82) is 0 Å². The van der Waals surface area contributed by atoms with Gasteiger partial charge in [-0.2, -0.15) is 5.10 Å². The molecule has 0 atom stereocenters. The molecule has 4 rings (SSSR count). The average Bonchev–Trinajstić information content (AvgIpc) is 3.03. The Morgan fingerprint density at radius 1 is 0.864 bits per heavy atom. The van der Waals surface area contributed by atoms with Crippen LogP contribution in [-0.4, -0.2) is 46.2 Å². The number of ether oxygens (including phenoxy) is 2. The molecule has 4 aromatic rings. The summed E-state index contributed by atoms with van der Waals surface area (Å²) in [5.41, 5.74) is 4.23. The molecule has 2 N–H and O–H groups in total. The largest absolute Gasteiger partial charge is 0.497 e. The number of methoxy groups -OCH3 is 1. The number of rotatable bonds is 13. The highest BCUT2D eigenvalue weighted by molar-refractivity contribution is 7.92. The van der Waals surface area contributed by atoms with E-state index in [-0.39, 0.29) is 41.2 Å². The van der Waals surface area contributed by atoms with E-state index in [9.17, 15) is 18.0 Å². The predicted octanol–water partition coefficient (Wildman–Crippen LogP) is 4.76. The van der Waals surface area contributed by atoms with Gasteiger partial charge in [0.1, 0.15) is 11.5 Å². The molecule has 44 heavy (non-hydrogen) atoms. The quantitative estimate of drug-likeness (QED) is 0.165. The van der Waals surface area contributed by atoms with Crippen molar-refractivity contribution in [1.82, 2.24) is 10.7 Å².